The number of phenolic OH excluding ortho intramolecular Hbond substituents is 1. The molecule has 0 spiro atoms. The predicted molar refractivity (Wildman–Crippen MR) is 148 cm³/mol. The summed E-state index contributed by atoms with van der Waals surface area (Å²) in [4.78, 5) is 10.7. The van der Waals surface area contributed by atoms with E-state index in [9.17, 15) is 10.2 Å². The molecule has 0 radical (unpaired) electrons. The number of phenols is 1. The predicted octanol–water partition coefficient (Wildman–Crippen LogP) is 3.52. The molecule has 2 N–H and O–H groups in total. The molecule has 0 bridgehead atoms. The average Bonchev–Trinajstić information content (AvgIpc) is 3.17. The van der Waals surface area contributed by atoms with Gasteiger partial charge in [0, 0.05) is 32.8 Å². The van der Waals surface area contributed by atoms with E-state index in [2.05, 4.69) is 15.0 Å². The number of aliphatic hydroxyl groups excluding tert-OH is 1. The van der Waals surface area contributed by atoms with E-state index in [0.717, 1.165) is 69.7 Å². The highest BCUT2D eigenvalue weighted by Gasteiger charge is 2.18. The lowest BCUT2D eigenvalue weighted by atomic mass is 10.1. The smallest absolute Gasteiger partial charge is 0.203 e. The highest BCUT2D eigenvalue weighted by Crippen LogP contribution is 2.37. The minimum Gasteiger partial charge on any atom is -0.504 e. The van der Waals surface area contributed by atoms with Gasteiger partial charge in [0.1, 0.15) is 6.10 Å². The van der Waals surface area contributed by atoms with Crippen molar-refractivity contribution in [3.05, 3.63) is 53.6 Å². The molecule has 0 saturated carbocycles. The molecule has 1 fully saturated rings. The van der Waals surface area contributed by atoms with Gasteiger partial charge in [0.25, 0.3) is 0 Å². The van der Waals surface area contributed by atoms with Crippen LogP contribution in [0.2, 0.25) is 0 Å². The molecule has 9 heteroatoms. The van der Waals surface area contributed by atoms with Crippen molar-refractivity contribution in [3.8, 4) is 17.2 Å². The lowest BCUT2D eigenvalue weighted by Crippen LogP contribution is -2.34. The molecule has 9 nitrogen and oxygen atoms in total. The third-order valence-corrected chi connectivity index (χ3v) is 6.68. The maximum Gasteiger partial charge on any atom is 0.203 e. The molecule has 1 unspecified atom stereocenters. The highest BCUT2D eigenvalue weighted by atomic mass is 16.6. The monoisotopic (exact) mass is 529 g/mol. The van der Waals surface area contributed by atoms with Gasteiger partial charge in [-0.3, -0.25) is 4.90 Å². The van der Waals surface area contributed by atoms with Crippen LogP contribution in [0, 0.1) is 0 Å². The summed E-state index contributed by atoms with van der Waals surface area (Å²) in [5.41, 5.74) is 1.85. The normalized spacial score (nSPS) is 15.9. The number of methoxy groups -OCH3 is 2. The second-order valence-electron chi connectivity index (χ2n) is 9.47. The van der Waals surface area contributed by atoms with Crippen LogP contribution in [0.4, 0.5) is 0 Å². The van der Waals surface area contributed by atoms with E-state index >= 15 is 0 Å². The highest BCUT2D eigenvalue weighted by molar-refractivity contribution is 5.78. The van der Waals surface area contributed by atoms with E-state index in [1.54, 1.807) is 19.4 Å². The maximum absolute atomic E-state index is 10.1. The number of aliphatic hydroxyl groups is 1. The van der Waals surface area contributed by atoms with Gasteiger partial charge in [-0.25, -0.2) is 0 Å². The van der Waals surface area contributed by atoms with Crippen molar-refractivity contribution >= 4 is 6.21 Å². The first-order valence-corrected chi connectivity index (χ1v) is 13.4. The largest absolute Gasteiger partial charge is 0.504 e. The van der Waals surface area contributed by atoms with E-state index in [0.29, 0.717) is 31.1 Å². The van der Waals surface area contributed by atoms with Gasteiger partial charge in [-0.1, -0.05) is 35.5 Å². The van der Waals surface area contributed by atoms with Crippen LogP contribution in [0.25, 0.3) is 0 Å². The lowest BCUT2D eigenvalue weighted by Gasteiger charge is -2.23. The first-order valence-electron chi connectivity index (χ1n) is 13.4. The van der Waals surface area contributed by atoms with E-state index < -0.39 is 0 Å². The Morgan fingerprint density at radius 2 is 1.74 bits per heavy atom. The topological polar surface area (TPSA) is 96.2 Å². The molecule has 2 aromatic carbocycles. The molecule has 0 aromatic heterocycles. The summed E-state index contributed by atoms with van der Waals surface area (Å²) in [6, 6.07) is 13.4. The van der Waals surface area contributed by atoms with Gasteiger partial charge in [-0.2, -0.15) is 0 Å². The first kappa shape index (κ1) is 29.7. The van der Waals surface area contributed by atoms with Crippen LogP contribution >= 0.6 is 0 Å². The summed E-state index contributed by atoms with van der Waals surface area (Å²) < 4.78 is 16.4. The van der Waals surface area contributed by atoms with Crippen molar-refractivity contribution in [2.24, 2.45) is 5.16 Å². The molecule has 0 aliphatic carbocycles. The molecule has 0 amide bonds. The number of rotatable bonds is 16. The van der Waals surface area contributed by atoms with Crippen LogP contribution < -0.4 is 9.47 Å². The Bertz CT molecular complexity index is 959. The first-order chi connectivity index (χ1) is 18.6. The van der Waals surface area contributed by atoms with Crippen molar-refractivity contribution in [2.45, 2.75) is 38.4 Å². The van der Waals surface area contributed by atoms with Crippen molar-refractivity contribution < 1.29 is 29.3 Å². The van der Waals surface area contributed by atoms with Crippen LogP contribution in [0.3, 0.4) is 0 Å². The molecule has 2 aromatic rings. The molecule has 1 heterocycles. The van der Waals surface area contributed by atoms with Gasteiger partial charge < -0.3 is 34.2 Å². The van der Waals surface area contributed by atoms with Crippen LogP contribution in [-0.4, -0.2) is 99.0 Å². The fraction of sp³-hybridized carbons (Fsp3) is 0.552. The van der Waals surface area contributed by atoms with Crippen molar-refractivity contribution in [1.29, 1.82) is 0 Å². The third kappa shape index (κ3) is 10.1. The number of nitrogens with zero attached hydrogens (tertiary/aromatic N) is 3. The third-order valence-electron chi connectivity index (χ3n) is 6.68. The van der Waals surface area contributed by atoms with Gasteiger partial charge >= 0.3 is 0 Å². The molecule has 1 atom stereocenters. The SMILES string of the molecule is COc1cc(COCCN2CCCN(CCC(CCCO)O/N=C/c3ccccc3)CC2)cc(O)c1OC. The fourth-order valence-electron chi connectivity index (χ4n) is 4.55. The van der Waals surface area contributed by atoms with E-state index in [1.165, 1.54) is 7.11 Å². The average molecular weight is 530 g/mol. The summed E-state index contributed by atoms with van der Waals surface area (Å²) in [6.07, 6.45) is 5.22. The van der Waals surface area contributed by atoms with Gasteiger partial charge in [0.15, 0.2) is 11.5 Å². The number of hydrogen-bond acceptors (Lipinski definition) is 9. The van der Waals surface area contributed by atoms with Gasteiger partial charge in [0.2, 0.25) is 5.75 Å². The minimum atomic E-state index is -0.00844. The molecule has 38 heavy (non-hydrogen) atoms. The zero-order valence-electron chi connectivity index (χ0n) is 22.8. The Morgan fingerprint density at radius 3 is 2.45 bits per heavy atom. The van der Waals surface area contributed by atoms with Gasteiger partial charge in [-0.15, -0.1) is 0 Å². The van der Waals surface area contributed by atoms with Crippen LogP contribution in [0.1, 0.15) is 36.8 Å². The Hall–Kier alpha value is -2.85. The molecular formula is C29H43N3O6. The molecule has 1 aliphatic rings. The van der Waals surface area contributed by atoms with Crippen molar-refractivity contribution in [2.75, 3.05) is 66.7 Å². The number of oxime groups is 1. The number of benzene rings is 2. The summed E-state index contributed by atoms with van der Waals surface area (Å²) in [5, 5.41) is 23.6. The Balaban J connectivity index is 1.37. The van der Waals surface area contributed by atoms with Crippen LogP contribution in [0.5, 0.6) is 17.2 Å². The number of aromatic hydroxyl groups is 1. The summed E-state index contributed by atoms with van der Waals surface area (Å²) in [5.74, 6) is 0.868. The van der Waals surface area contributed by atoms with Gasteiger partial charge in [-0.05, 0) is 62.0 Å². The Kier molecular flexibility index (Phi) is 13.2. The van der Waals surface area contributed by atoms with E-state index in [4.69, 9.17) is 19.0 Å². The minimum absolute atomic E-state index is 0.00844. The zero-order valence-corrected chi connectivity index (χ0v) is 22.8. The fourth-order valence-corrected chi connectivity index (χ4v) is 4.55. The maximum atomic E-state index is 10.1. The summed E-state index contributed by atoms with van der Waals surface area (Å²) in [6.45, 7) is 7.09. The van der Waals surface area contributed by atoms with Crippen molar-refractivity contribution in [1.82, 2.24) is 9.80 Å². The molecule has 1 aliphatic heterocycles. The summed E-state index contributed by atoms with van der Waals surface area (Å²) >= 11 is 0. The zero-order chi connectivity index (χ0) is 27.0. The standard InChI is InChI=1S/C29H43N3O6/c1-35-28-21-25(20-27(34)29(28)36-2)23-37-19-17-32-13-7-12-31(15-16-32)14-11-26(10-6-18-33)38-30-22-24-8-4-3-5-9-24/h3-5,8-9,20-22,26,33-34H,6-7,10-19,23H2,1-2H3/b30-22+. The number of ether oxygens (including phenoxy) is 3. The van der Waals surface area contributed by atoms with E-state index in [1.807, 2.05) is 36.4 Å². The summed E-state index contributed by atoms with van der Waals surface area (Å²) in [7, 11) is 3.05. The molecule has 1 saturated heterocycles. The Labute approximate surface area is 226 Å². The second kappa shape index (κ2) is 16.9. The van der Waals surface area contributed by atoms with Gasteiger partial charge in [0.05, 0.1) is 33.6 Å². The van der Waals surface area contributed by atoms with Crippen LogP contribution in [-0.2, 0) is 16.2 Å². The van der Waals surface area contributed by atoms with E-state index in [-0.39, 0.29) is 18.5 Å². The Morgan fingerprint density at radius 1 is 0.974 bits per heavy atom. The van der Waals surface area contributed by atoms with Crippen LogP contribution in [0.15, 0.2) is 47.6 Å². The van der Waals surface area contributed by atoms with Crippen molar-refractivity contribution in [3.63, 3.8) is 0 Å². The molecule has 3 rings (SSSR count). The second-order valence-corrected chi connectivity index (χ2v) is 9.47. The number of hydrogen-bond donors (Lipinski definition) is 2. The molecular weight excluding hydrogens is 486 g/mol. The molecule has 210 valence electrons. The lowest BCUT2D eigenvalue weighted by molar-refractivity contribution is 0.0356. The quantitative estimate of drug-likeness (QED) is 0.194.